The third kappa shape index (κ3) is 3.52. The third-order valence-electron chi connectivity index (χ3n) is 5.61. The Morgan fingerprint density at radius 1 is 1.12 bits per heavy atom. The molecule has 4 aromatic heterocycles. The van der Waals surface area contributed by atoms with Crippen LogP contribution in [0.1, 0.15) is 17.0 Å². The van der Waals surface area contributed by atoms with E-state index < -0.39 is 0 Å². The van der Waals surface area contributed by atoms with Gasteiger partial charge < -0.3 is 13.7 Å². The van der Waals surface area contributed by atoms with E-state index in [2.05, 4.69) is 20.3 Å². The van der Waals surface area contributed by atoms with Gasteiger partial charge in [0.25, 0.3) is 5.89 Å². The lowest BCUT2D eigenvalue weighted by Crippen LogP contribution is -2.17. The second kappa shape index (κ2) is 7.80. The summed E-state index contributed by atoms with van der Waals surface area (Å²) < 4.78 is 9.79. The fourth-order valence-corrected chi connectivity index (χ4v) is 4.18. The monoisotopic (exact) mass is 447 g/mol. The number of halogens is 1. The quantitative estimate of drug-likeness (QED) is 0.389. The van der Waals surface area contributed by atoms with Crippen LogP contribution in [0.25, 0.3) is 28.2 Å². The van der Waals surface area contributed by atoms with E-state index in [9.17, 15) is 0 Å². The molecular formula is C23H22ClN7O. The van der Waals surface area contributed by atoms with Gasteiger partial charge >= 0.3 is 6.01 Å². The van der Waals surface area contributed by atoms with Crippen LogP contribution in [0.5, 0.6) is 0 Å². The molecule has 0 bridgehead atoms. The maximum absolute atomic E-state index is 6.61. The van der Waals surface area contributed by atoms with Crippen molar-refractivity contribution in [3.05, 3.63) is 70.9 Å². The molecule has 8 nitrogen and oxygen atoms in total. The van der Waals surface area contributed by atoms with E-state index in [0.29, 0.717) is 29.0 Å². The topological polar surface area (TPSA) is 77.3 Å². The van der Waals surface area contributed by atoms with Gasteiger partial charge in [-0.2, -0.15) is 5.10 Å². The lowest BCUT2D eigenvalue weighted by atomic mass is 10.0. The zero-order valence-corrected chi connectivity index (χ0v) is 19.0. The van der Waals surface area contributed by atoms with Crippen molar-refractivity contribution in [1.29, 1.82) is 0 Å². The molecule has 4 heterocycles. The van der Waals surface area contributed by atoms with Crippen molar-refractivity contribution in [2.45, 2.75) is 20.4 Å². The van der Waals surface area contributed by atoms with Crippen LogP contribution in [0.3, 0.4) is 0 Å². The Bertz CT molecular complexity index is 1430. The maximum Gasteiger partial charge on any atom is 0.318 e. The number of rotatable bonds is 5. The van der Waals surface area contributed by atoms with E-state index in [1.807, 2.05) is 84.7 Å². The van der Waals surface area contributed by atoms with Gasteiger partial charge in [-0.25, -0.2) is 4.98 Å². The molecule has 0 saturated heterocycles. The number of imidazole rings is 1. The van der Waals surface area contributed by atoms with Crippen molar-refractivity contribution in [3.63, 3.8) is 0 Å². The molecule has 0 spiro atoms. The number of fused-ring (bicyclic) bond motifs is 1. The van der Waals surface area contributed by atoms with Crippen LogP contribution in [0, 0.1) is 13.8 Å². The summed E-state index contributed by atoms with van der Waals surface area (Å²) in [7, 11) is 3.85. The maximum atomic E-state index is 6.61. The summed E-state index contributed by atoms with van der Waals surface area (Å²) in [5.74, 6) is 0.382. The number of pyridine rings is 1. The molecule has 0 saturated carbocycles. The smallest absolute Gasteiger partial charge is 0.318 e. The van der Waals surface area contributed by atoms with Crippen LogP contribution in [-0.4, -0.2) is 36.4 Å². The van der Waals surface area contributed by atoms with Gasteiger partial charge in [0.1, 0.15) is 5.65 Å². The Hall–Kier alpha value is -3.65. The van der Waals surface area contributed by atoms with E-state index in [1.54, 1.807) is 6.20 Å². The van der Waals surface area contributed by atoms with Gasteiger partial charge in [-0.1, -0.05) is 28.8 Å². The lowest BCUT2D eigenvalue weighted by Gasteiger charge is -2.14. The first-order chi connectivity index (χ1) is 15.4. The van der Waals surface area contributed by atoms with Crippen molar-refractivity contribution in [1.82, 2.24) is 29.4 Å². The largest absolute Gasteiger partial charge is 0.403 e. The highest BCUT2D eigenvalue weighted by Gasteiger charge is 2.18. The van der Waals surface area contributed by atoms with Crippen LogP contribution in [-0.2, 0) is 13.6 Å². The average molecular weight is 448 g/mol. The second-order valence-electron chi connectivity index (χ2n) is 7.84. The second-order valence-corrected chi connectivity index (χ2v) is 8.25. The van der Waals surface area contributed by atoms with E-state index in [1.165, 1.54) is 0 Å². The van der Waals surface area contributed by atoms with Crippen LogP contribution in [0.2, 0.25) is 5.02 Å². The summed E-state index contributed by atoms with van der Waals surface area (Å²) in [5.41, 5.74) is 6.84. The summed E-state index contributed by atoms with van der Waals surface area (Å²) in [4.78, 5) is 6.17. The van der Waals surface area contributed by atoms with Crippen molar-refractivity contribution in [3.8, 4) is 22.6 Å². The highest BCUT2D eigenvalue weighted by atomic mass is 35.5. The summed E-state index contributed by atoms with van der Waals surface area (Å²) in [5, 5.41) is 13.5. The summed E-state index contributed by atoms with van der Waals surface area (Å²) >= 11 is 6.61. The molecular weight excluding hydrogens is 426 g/mol. The van der Waals surface area contributed by atoms with E-state index in [0.717, 1.165) is 33.7 Å². The molecule has 0 amide bonds. The Balaban J connectivity index is 1.39. The predicted octanol–water partition coefficient (Wildman–Crippen LogP) is 4.69. The van der Waals surface area contributed by atoms with Crippen LogP contribution in [0.15, 0.2) is 53.3 Å². The molecule has 32 heavy (non-hydrogen) atoms. The van der Waals surface area contributed by atoms with Gasteiger partial charge in [-0.3, -0.25) is 4.68 Å². The molecule has 5 aromatic rings. The number of benzene rings is 1. The molecule has 162 valence electrons. The zero-order valence-electron chi connectivity index (χ0n) is 18.2. The van der Waals surface area contributed by atoms with E-state index >= 15 is 0 Å². The molecule has 5 rings (SSSR count). The first kappa shape index (κ1) is 20.3. The number of hydrogen-bond donors (Lipinski definition) is 0. The molecule has 0 unspecified atom stereocenters. The Morgan fingerprint density at radius 2 is 1.97 bits per heavy atom. The van der Waals surface area contributed by atoms with Crippen LogP contribution in [0.4, 0.5) is 6.01 Å². The molecule has 0 aliphatic heterocycles. The fraction of sp³-hybridized carbons (Fsp3) is 0.217. The van der Waals surface area contributed by atoms with Gasteiger partial charge in [0, 0.05) is 50.5 Å². The minimum atomic E-state index is 0.382. The number of aromatic nitrogens is 6. The Morgan fingerprint density at radius 3 is 2.72 bits per heavy atom. The molecule has 0 atom stereocenters. The number of aryl methyl sites for hydroxylation is 2. The van der Waals surface area contributed by atoms with Crippen molar-refractivity contribution < 1.29 is 4.42 Å². The standard InChI is InChI=1S/C23H22ClN7O/c1-14-21(15(2)30(4)28-14)17-6-7-18(19(24)11-17)22-26-27-23(32-22)29(3)12-16-5-8-20-25-9-10-31(20)13-16/h5-11,13H,12H2,1-4H3. The molecule has 1 aromatic carbocycles. The Kier molecular flexibility index (Phi) is 4.94. The molecule has 0 N–H and O–H groups in total. The molecule has 0 radical (unpaired) electrons. The average Bonchev–Trinajstić information content (AvgIpc) is 3.48. The fourth-order valence-electron chi connectivity index (χ4n) is 3.92. The summed E-state index contributed by atoms with van der Waals surface area (Å²) in [6.45, 7) is 4.65. The van der Waals surface area contributed by atoms with Crippen molar-refractivity contribution in [2.75, 3.05) is 11.9 Å². The van der Waals surface area contributed by atoms with Crippen molar-refractivity contribution in [2.24, 2.45) is 7.05 Å². The zero-order chi connectivity index (χ0) is 22.4. The van der Waals surface area contributed by atoms with E-state index in [4.69, 9.17) is 16.0 Å². The van der Waals surface area contributed by atoms with E-state index in [-0.39, 0.29) is 0 Å². The molecule has 9 heteroatoms. The minimum absolute atomic E-state index is 0.382. The van der Waals surface area contributed by atoms with Gasteiger partial charge in [0.2, 0.25) is 0 Å². The predicted molar refractivity (Wildman–Crippen MR) is 124 cm³/mol. The molecule has 0 aliphatic rings. The van der Waals surface area contributed by atoms with Gasteiger partial charge in [-0.05, 0) is 43.2 Å². The van der Waals surface area contributed by atoms with Gasteiger partial charge in [0.15, 0.2) is 0 Å². The van der Waals surface area contributed by atoms with Crippen LogP contribution >= 0.6 is 11.6 Å². The highest BCUT2D eigenvalue weighted by molar-refractivity contribution is 6.33. The highest BCUT2D eigenvalue weighted by Crippen LogP contribution is 2.34. The minimum Gasteiger partial charge on any atom is -0.403 e. The first-order valence-electron chi connectivity index (χ1n) is 10.2. The Labute approximate surface area is 190 Å². The normalized spacial score (nSPS) is 11.4. The lowest BCUT2D eigenvalue weighted by molar-refractivity contribution is 0.555. The van der Waals surface area contributed by atoms with Gasteiger partial charge in [0.05, 0.1) is 16.3 Å². The SMILES string of the molecule is Cc1nn(C)c(C)c1-c1ccc(-c2nnc(N(C)Cc3ccc4nccn4c3)o2)c(Cl)c1. The summed E-state index contributed by atoms with van der Waals surface area (Å²) in [6.07, 6.45) is 5.73. The number of hydrogen-bond acceptors (Lipinski definition) is 6. The molecule has 0 fully saturated rings. The van der Waals surface area contributed by atoms with Crippen molar-refractivity contribution >= 4 is 23.3 Å². The first-order valence-corrected chi connectivity index (χ1v) is 10.5. The number of nitrogens with zero attached hydrogens (tertiary/aromatic N) is 7. The molecule has 0 aliphatic carbocycles. The van der Waals surface area contributed by atoms with Gasteiger partial charge in [-0.15, -0.1) is 5.10 Å². The third-order valence-corrected chi connectivity index (χ3v) is 5.92. The van der Waals surface area contributed by atoms with Crippen LogP contribution < -0.4 is 4.90 Å². The number of anilines is 1. The summed E-state index contributed by atoms with van der Waals surface area (Å²) in [6, 6.07) is 10.3.